The molecule has 1 atom stereocenters. The fraction of sp³-hybridized carbons (Fsp3) is 0.755. The molecule has 59 heavy (non-hydrogen) atoms. The van der Waals surface area contributed by atoms with Crippen LogP contribution in [0.15, 0.2) is 60.8 Å². The number of carbonyl (C=O) groups is 3. The highest BCUT2D eigenvalue weighted by Crippen LogP contribution is 2.14. The lowest BCUT2D eigenvalue weighted by atomic mass is 10.1. The van der Waals surface area contributed by atoms with Crippen molar-refractivity contribution in [1.82, 2.24) is 0 Å². The van der Waals surface area contributed by atoms with E-state index in [4.69, 9.17) is 14.2 Å². The molecule has 340 valence electrons. The van der Waals surface area contributed by atoms with Crippen LogP contribution >= 0.6 is 0 Å². The number of esters is 3. The van der Waals surface area contributed by atoms with Crippen molar-refractivity contribution in [2.75, 3.05) is 13.2 Å². The second-order valence-electron chi connectivity index (χ2n) is 16.4. The number of unbranched alkanes of at least 4 members (excludes halogenated alkanes) is 23. The van der Waals surface area contributed by atoms with Gasteiger partial charge in [-0.15, -0.1) is 0 Å². The van der Waals surface area contributed by atoms with E-state index < -0.39 is 6.10 Å². The minimum Gasteiger partial charge on any atom is -0.462 e. The highest BCUT2D eigenvalue weighted by Gasteiger charge is 2.19. The SMILES string of the molecule is CCCCC/C=C\C/C=C\C/C=C\C/C=C\CCCC(=O)OC[C@@H](COC(=O)CCCCCCCCCCCCC)OC(=O)CCCCCCC/C=C\CCCCCC. The highest BCUT2D eigenvalue weighted by atomic mass is 16.6. The van der Waals surface area contributed by atoms with Gasteiger partial charge in [-0.25, -0.2) is 0 Å². The van der Waals surface area contributed by atoms with Crippen molar-refractivity contribution in [1.29, 1.82) is 0 Å². The van der Waals surface area contributed by atoms with Gasteiger partial charge in [0.15, 0.2) is 6.10 Å². The number of rotatable bonds is 44. The predicted molar refractivity (Wildman–Crippen MR) is 251 cm³/mol. The van der Waals surface area contributed by atoms with Gasteiger partial charge < -0.3 is 14.2 Å². The van der Waals surface area contributed by atoms with Crippen molar-refractivity contribution < 1.29 is 28.6 Å². The maximum atomic E-state index is 12.7. The summed E-state index contributed by atoms with van der Waals surface area (Å²) in [5, 5.41) is 0. The highest BCUT2D eigenvalue weighted by molar-refractivity contribution is 5.71. The first-order valence-electron chi connectivity index (χ1n) is 24.8. The third-order valence-electron chi connectivity index (χ3n) is 10.5. The van der Waals surface area contributed by atoms with Crippen LogP contribution in [0.2, 0.25) is 0 Å². The van der Waals surface area contributed by atoms with Gasteiger partial charge in [0, 0.05) is 19.3 Å². The summed E-state index contributed by atoms with van der Waals surface area (Å²) < 4.78 is 16.7. The number of hydrogen-bond donors (Lipinski definition) is 0. The summed E-state index contributed by atoms with van der Waals surface area (Å²) in [5.41, 5.74) is 0. The maximum Gasteiger partial charge on any atom is 0.306 e. The largest absolute Gasteiger partial charge is 0.462 e. The maximum absolute atomic E-state index is 12.7. The molecule has 0 aromatic rings. The summed E-state index contributed by atoms with van der Waals surface area (Å²) >= 11 is 0. The van der Waals surface area contributed by atoms with Gasteiger partial charge in [-0.3, -0.25) is 14.4 Å². The fourth-order valence-corrected chi connectivity index (χ4v) is 6.72. The Labute approximate surface area is 364 Å². The van der Waals surface area contributed by atoms with Crippen molar-refractivity contribution >= 4 is 17.9 Å². The molecular formula is C53H92O6. The van der Waals surface area contributed by atoms with Gasteiger partial charge in [-0.2, -0.15) is 0 Å². The Hall–Kier alpha value is -2.89. The molecule has 0 heterocycles. The van der Waals surface area contributed by atoms with Crippen LogP contribution in [0.25, 0.3) is 0 Å². The average molecular weight is 825 g/mol. The van der Waals surface area contributed by atoms with Crippen molar-refractivity contribution in [3.05, 3.63) is 60.8 Å². The van der Waals surface area contributed by atoms with Gasteiger partial charge in [-0.05, 0) is 83.5 Å². The third-order valence-corrected chi connectivity index (χ3v) is 10.5. The van der Waals surface area contributed by atoms with Crippen LogP contribution in [0.3, 0.4) is 0 Å². The van der Waals surface area contributed by atoms with Crippen LogP contribution in [0, 0.1) is 0 Å². The van der Waals surface area contributed by atoms with Crippen LogP contribution in [0.4, 0.5) is 0 Å². The molecule has 6 heteroatoms. The minimum atomic E-state index is -0.796. The number of carbonyl (C=O) groups excluding carboxylic acids is 3. The Morgan fingerprint density at radius 3 is 1.08 bits per heavy atom. The molecule has 0 unspecified atom stereocenters. The van der Waals surface area contributed by atoms with Gasteiger partial charge in [0.25, 0.3) is 0 Å². The topological polar surface area (TPSA) is 78.9 Å². The smallest absolute Gasteiger partial charge is 0.306 e. The lowest BCUT2D eigenvalue weighted by Crippen LogP contribution is -2.30. The Kier molecular flexibility index (Phi) is 45.4. The first-order chi connectivity index (χ1) is 29.0. The molecule has 6 nitrogen and oxygen atoms in total. The molecule has 0 amide bonds. The molecule has 0 aromatic heterocycles. The summed E-state index contributed by atoms with van der Waals surface area (Å²) in [7, 11) is 0. The molecule has 0 aliphatic carbocycles. The van der Waals surface area contributed by atoms with E-state index in [0.29, 0.717) is 19.3 Å². The zero-order valence-electron chi connectivity index (χ0n) is 38.8. The molecule has 0 rings (SSSR count). The monoisotopic (exact) mass is 825 g/mol. The van der Waals surface area contributed by atoms with Gasteiger partial charge in [-0.1, -0.05) is 197 Å². The molecule has 0 fully saturated rings. The lowest BCUT2D eigenvalue weighted by Gasteiger charge is -2.18. The first kappa shape index (κ1) is 56.1. The molecule has 0 N–H and O–H groups in total. The van der Waals surface area contributed by atoms with Crippen LogP contribution in [-0.2, 0) is 28.6 Å². The molecule has 0 bridgehead atoms. The van der Waals surface area contributed by atoms with Crippen LogP contribution in [-0.4, -0.2) is 37.2 Å². The third kappa shape index (κ3) is 46.0. The summed E-state index contributed by atoms with van der Waals surface area (Å²) in [6.45, 7) is 6.53. The summed E-state index contributed by atoms with van der Waals surface area (Å²) in [5.74, 6) is -0.960. The molecular weight excluding hydrogens is 733 g/mol. The summed E-state index contributed by atoms with van der Waals surface area (Å²) in [6, 6.07) is 0. The van der Waals surface area contributed by atoms with E-state index in [9.17, 15) is 14.4 Å². The van der Waals surface area contributed by atoms with E-state index in [1.807, 2.05) is 0 Å². The zero-order chi connectivity index (χ0) is 43.0. The zero-order valence-corrected chi connectivity index (χ0v) is 38.8. The van der Waals surface area contributed by atoms with E-state index in [0.717, 1.165) is 77.0 Å². The quantitative estimate of drug-likeness (QED) is 0.0263. The van der Waals surface area contributed by atoms with E-state index >= 15 is 0 Å². The molecule has 0 aliphatic heterocycles. The van der Waals surface area contributed by atoms with Gasteiger partial charge >= 0.3 is 17.9 Å². The Morgan fingerprint density at radius 2 is 0.627 bits per heavy atom. The molecule has 0 saturated heterocycles. The molecule has 0 saturated carbocycles. The van der Waals surface area contributed by atoms with Crippen molar-refractivity contribution in [3.8, 4) is 0 Å². The average Bonchev–Trinajstić information content (AvgIpc) is 3.23. The summed E-state index contributed by atoms with van der Waals surface area (Å²) in [4.78, 5) is 37.8. The van der Waals surface area contributed by atoms with Gasteiger partial charge in [0.2, 0.25) is 0 Å². The summed E-state index contributed by atoms with van der Waals surface area (Å²) in [6.07, 6.45) is 57.7. The van der Waals surface area contributed by atoms with Crippen molar-refractivity contribution in [2.24, 2.45) is 0 Å². The number of allylic oxidation sites excluding steroid dienone is 10. The van der Waals surface area contributed by atoms with Gasteiger partial charge in [0.05, 0.1) is 0 Å². The molecule has 0 aliphatic rings. The van der Waals surface area contributed by atoms with E-state index in [1.54, 1.807) is 0 Å². The fourth-order valence-electron chi connectivity index (χ4n) is 6.72. The van der Waals surface area contributed by atoms with Crippen LogP contribution in [0.1, 0.15) is 239 Å². The Bertz CT molecular complexity index is 1090. The lowest BCUT2D eigenvalue weighted by molar-refractivity contribution is -0.167. The van der Waals surface area contributed by atoms with E-state index in [1.165, 1.54) is 116 Å². The normalized spacial score (nSPS) is 12.5. The second kappa shape index (κ2) is 47.8. The standard InChI is InChI=1S/C53H92O6/c1-4-7-10-13-16-19-22-24-25-26-27-29-31-34-37-40-43-46-52(55)58-49-50(48-57-51(54)45-42-39-36-33-30-21-18-15-12-9-6-3)59-53(56)47-44-41-38-35-32-28-23-20-17-14-11-8-5-2/h16,19-20,23-25,27,29,34,37,50H,4-15,17-18,21-22,26,28,30-33,35-36,38-49H2,1-3H3/b19-16-,23-20-,25-24-,29-27-,37-34-/t50-/m1/s1. The molecule has 0 aromatic carbocycles. The number of hydrogen-bond acceptors (Lipinski definition) is 6. The van der Waals surface area contributed by atoms with E-state index in [-0.39, 0.29) is 37.5 Å². The van der Waals surface area contributed by atoms with Crippen LogP contribution < -0.4 is 0 Å². The predicted octanol–water partition coefficient (Wildman–Crippen LogP) is 16.1. The van der Waals surface area contributed by atoms with Crippen molar-refractivity contribution in [2.45, 2.75) is 245 Å². The van der Waals surface area contributed by atoms with Gasteiger partial charge in [0.1, 0.15) is 13.2 Å². The number of ether oxygens (including phenoxy) is 3. The van der Waals surface area contributed by atoms with E-state index in [2.05, 4.69) is 81.5 Å². The van der Waals surface area contributed by atoms with Crippen LogP contribution in [0.5, 0.6) is 0 Å². The Balaban J connectivity index is 4.46. The molecule has 0 spiro atoms. The molecule has 0 radical (unpaired) electrons. The second-order valence-corrected chi connectivity index (χ2v) is 16.4. The first-order valence-corrected chi connectivity index (χ1v) is 24.8. The minimum absolute atomic E-state index is 0.0930. The van der Waals surface area contributed by atoms with Crippen molar-refractivity contribution in [3.63, 3.8) is 0 Å². The Morgan fingerprint density at radius 1 is 0.339 bits per heavy atom.